The molecule has 0 aromatic heterocycles. The van der Waals surface area contributed by atoms with Crippen molar-refractivity contribution in [2.45, 2.75) is 58.5 Å². The second kappa shape index (κ2) is 5.02. The number of rotatable bonds is 5. The van der Waals surface area contributed by atoms with Crippen LogP contribution < -0.4 is 0 Å². The number of carbonyl (C=O) groups is 1. The number of hydrogen-bond acceptors (Lipinski definition) is 2. The molecule has 0 aromatic carbocycles. The van der Waals surface area contributed by atoms with E-state index in [1.54, 1.807) is 0 Å². The summed E-state index contributed by atoms with van der Waals surface area (Å²) in [5, 5.41) is 0. The number of halogens is 1. The molecular formula is C12H21IO2. The lowest BCUT2D eigenvalue weighted by atomic mass is 9.99. The van der Waals surface area contributed by atoms with E-state index in [4.69, 9.17) is 4.74 Å². The van der Waals surface area contributed by atoms with E-state index in [1.807, 2.05) is 20.8 Å². The third-order valence-corrected chi connectivity index (χ3v) is 3.49. The first-order valence-corrected chi connectivity index (χ1v) is 7.22. The molecule has 0 bridgehead atoms. The van der Waals surface area contributed by atoms with Crippen LogP contribution in [0.3, 0.4) is 0 Å². The number of hydrogen-bond donors (Lipinski definition) is 0. The highest BCUT2D eigenvalue weighted by Crippen LogP contribution is 2.51. The summed E-state index contributed by atoms with van der Waals surface area (Å²) >= 11 is 2.38. The Kier molecular flexibility index (Phi) is 4.44. The van der Waals surface area contributed by atoms with Crippen molar-refractivity contribution in [3.8, 4) is 0 Å². The molecular weight excluding hydrogens is 303 g/mol. The van der Waals surface area contributed by atoms with Crippen LogP contribution in [0.25, 0.3) is 0 Å². The average molecular weight is 324 g/mol. The van der Waals surface area contributed by atoms with Gasteiger partial charge >= 0.3 is 5.97 Å². The van der Waals surface area contributed by atoms with Crippen molar-refractivity contribution in [2.75, 3.05) is 4.43 Å². The zero-order valence-electron chi connectivity index (χ0n) is 9.94. The molecule has 0 aliphatic heterocycles. The summed E-state index contributed by atoms with van der Waals surface area (Å²) in [7, 11) is 0. The maximum Gasteiger partial charge on any atom is 0.312 e. The van der Waals surface area contributed by atoms with Crippen LogP contribution in [0.15, 0.2) is 0 Å². The number of carbonyl (C=O) groups excluding carboxylic acids is 1. The van der Waals surface area contributed by atoms with Crippen LogP contribution in [-0.4, -0.2) is 16.0 Å². The maximum absolute atomic E-state index is 11.9. The fourth-order valence-corrected chi connectivity index (χ4v) is 2.19. The molecule has 15 heavy (non-hydrogen) atoms. The largest absolute Gasteiger partial charge is 0.460 e. The molecule has 0 spiro atoms. The second-order valence-corrected chi connectivity index (χ2v) is 6.51. The number of ether oxygens (including phenoxy) is 1. The normalized spacial score (nSPS) is 18.7. The molecule has 1 aliphatic carbocycles. The quantitative estimate of drug-likeness (QED) is 0.333. The Morgan fingerprint density at radius 2 is 1.93 bits per heavy atom. The van der Waals surface area contributed by atoms with Gasteiger partial charge in [0, 0.05) is 0 Å². The Bertz CT molecular complexity index is 226. The molecule has 3 heteroatoms. The summed E-state index contributed by atoms with van der Waals surface area (Å²) in [4.78, 5) is 11.9. The molecule has 0 N–H and O–H groups in total. The third kappa shape index (κ3) is 4.29. The van der Waals surface area contributed by atoms with E-state index < -0.39 is 0 Å². The molecule has 1 fully saturated rings. The minimum atomic E-state index is -0.337. The van der Waals surface area contributed by atoms with E-state index in [9.17, 15) is 4.79 Å². The maximum atomic E-state index is 11.9. The third-order valence-electron chi connectivity index (χ3n) is 2.72. The summed E-state index contributed by atoms with van der Waals surface area (Å²) in [5.41, 5.74) is -0.435. The first kappa shape index (κ1) is 13.3. The van der Waals surface area contributed by atoms with Crippen molar-refractivity contribution < 1.29 is 9.53 Å². The average Bonchev–Trinajstić information content (AvgIpc) is 2.83. The van der Waals surface area contributed by atoms with Crippen molar-refractivity contribution in [2.24, 2.45) is 5.41 Å². The van der Waals surface area contributed by atoms with Crippen LogP contribution in [0.4, 0.5) is 0 Å². The minimum absolute atomic E-state index is 0.0310. The molecule has 1 saturated carbocycles. The van der Waals surface area contributed by atoms with Gasteiger partial charge in [-0.25, -0.2) is 0 Å². The Labute approximate surface area is 106 Å². The predicted octanol–water partition coefficient (Wildman–Crippen LogP) is 3.71. The van der Waals surface area contributed by atoms with Crippen LogP contribution >= 0.6 is 22.6 Å². The number of esters is 1. The highest BCUT2D eigenvalue weighted by molar-refractivity contribution is 14.1. The van der Waals surface area contributed by atoms with Gasteiger partial charge in [-0.15, -0.1) is 0 Å². The van der Waals surface area contributed by atoms with Crippen LogP contribution in [0.1, 0.15) is 52.9 Å². The van der Waals surface area contributed by atoms with E-state index in [1.165, 1.54) is 10.8 Å². The predicted molar refractivity (Wildman–Crippen MR) is 70.3 cm³/mol. The fraction of sp³-hybridized carbons (Fsp3) is 0.917. The van der Waals surface area contributed by atoms with Gasteiger partial charge in [-0.1, -0.05) is 29.0 Å². The van der Waals surface area contributed by atoms with Crippen LogP contribution in [0.5, 0.6) is 0 Å². The summed E-state index contributed by atoms with van der Waals surface area (Å²) in [6.45, 7) is 5.81. The van der Waals surface area contributed by atoms with Gasteiger partial charge in [-0.2, -0.15) is 0 Å². The Balaban J connectivity index is 2.38. The van der Waals surface area contributed by atoms with Crippen molar-refractivity contribution >= 4 is 28.6 Å². The fourth-order valence-electron chi connectivity index (χ4n) is 1.65. The van der Waals surface area contributed by atoms with Gasteiger partial charge in [0.15, 0.2) is 0 Å². The standard InChI is InChI=1S/C12H21IO2/c1-11(2,3)15-10(14)12(7-8-12)6-4-5-9-13/h4-9H2,1-3H3. The Hall–Kier alpha value is 0.200. The van der Waals surface area contributed by atoms with E-state index in [0.717, 1.165) is 25.7 Å². The lowest BCUT2D eigenvalue weighted by molar-refractivity contribution is -0.162. The van der Waals surface area contributed by atoms with E-state index in [-0.39, 0.29) is 17.0 Å². The van der Waals surface area contributed by atoms with Gasteiger partial charge in [0.05, 0.1) is 5.41 Å². The van der Waals surface area contributed by atoms with Gasteiger partial charge in [-0.3, -0.25) is 4.79 Å². The van der Waals surface area contributed by atoms with Gasteiger partial charge in [0.1, 0.15) is 5.60 Å². The molecule has 0 unspecified atom stereocenters. The Morgan fingerprint density at radius 3 is 2.33 bits per heavy atom. The molecule has 1 aliphatic rings. The SMILES string of the molecule is CC(C)(C)OC(=O)C1(CCCCI)CC1. The molecule has 1 rings (SSSR count). The van der Waals surface area contributed by atoms with Crippen molar-refractivity contribution in [3.05, 3.63) is 0 Å². The van der Waals surface area contributed by atoms with Gasteiger partial charge < -0.3 is 4.74 Å². The summed E-state index contributed by atoms with van der Waals surface area (Å²) in [6.07, 6.45) is 5.45. The Morgan fingerprint density at radius 1 is 1.33 bits per heavy atom. The molecule has 0 heterocycles. The lowest BCUT2D eigenvalue weighted by Crippen LogP contribution is -2.29. The second-order valence-electron chi connectivity index (χ2n) is 5.43. The van der Waals surface area contributed by atoms with Gasteiger partial charge in [-0.05, 0) is 50.9 Å². The van der Waals surface area contributed by atoms with Gasteiger partial charge in [0.2, 0.25) is 0 Å². The zero-order chi connectivity index (χ0) is 11.5. The highest BCUT2D eigenvalue weighted by Gasteiger charge is 2.51. The first-order chi connectivity index (χ1) is 6.90. The molecule has 0 aromatic rings. The first-order valence-electron chi connectivity index (χ1n) is 5.69. The van der Waals surface area contributed by atoms with Crippen molar-refractivity contribution in [3.63, 3.8) is 0 Å². The highest BCUT2D eigenvalue weighted by atomic mass is 127. The van der Waals surface area contributed by atoms with Gasteiger partial charge in [0.25, 0.3) is 0 Å². The van der Waals surface area contributed by atoms with E-state index in [2.05, 4.69) is 22.6 Å². The zero-order valence-corrected chi connectivity index (χ0v) is 12.1. The van der Waals surface area contributed by atoms with Crippen molar-refractivity contribution in [1.29, 1.82) is 0 Å². The van der Waals surface area contributed by atoms with E-state index in [0.29, 0.717) is 0 Å². The number of alkyl halides is 1. The lowest BCUT2D eigenvalue weighted by Gasteiger charge is -2.23. The molecule has 88 valence electrons. The monoisotopic (exact) mass is 324 g/mol. The van der Waals surface area contributed by atoms with Crippen LogP contribution in [-0.2, 0) is 9.53 Å². The molecule has 0 atom stereocenters. The molecule has 2 nitrogen and oxygen atoms in total. The van der Waals surface area contributed by atoms with Crippen LogP contribution in [0.2, 0.25) is 0 Å². The summed E-state index contributed by atoms with van der Waals surface area (Å²) < 4.78 is 6.64. The topological polar surface area (TPSA) is 26.3 Å². The summed E-state index contributed by atoms with van der Waals surface area (Å²) in [6, 6.07) is 0. The smallest absolute Gasteiger partial charge is 0.312 e. The van der Waals surface area contributed by atoms with Crippen LogP contribution in [0, 0.1) is 5.41 Å². The molecule has 0 radical (unpaired) electrons. The number of unbranched alkanes of at least 4 members (excludes halogenated alkanes) is 1. The molecule has 0 amide bonds. The molecule has 0 saturated heterocycles. The summed E-state index contributed by atoms with van der Waals surface area (Å²) in [5.74, 6) is 0.0310. The van der Waals surface area contributed by atoms with E-state index >= 15 is 0 Å². The van der Waals surface area contributed by atoms with Crippen molar-refractivity contribution in [1.82, 2.24) is 0 Å². The minimum Gasteiger partial charge on any atom is -0.460 e.